The molecule has 2 aromatic rings. The van der Waals surface area contributed by atoms with Crippen LogP contribution < -0.4 is 0 Å². The van der Waals surface area contributed by atoms with Crippen molar-refractivity contribution in [1.29, 1.82) is 0 Å². The molecule has 0 aliphatic carbocycles. The second-order valence-electron chi connectivity index (χ2n) is 9.08. The molecule has 2 rings (SSSR count). The van der Waals surface area contributed by atoms with E-state index in [-0.39, 0.29) is 22.8 Å². The van der Waals surface area contributed by atoms with Crippen molar-refractivity contribution in [3.8, 4) is 0 Å². The first-order chi connectivity index (χ1) is 16.8. The Kier molecular flexibility index (Phi) is 11.3. The number of hydrogen-bond donors (Lipinski definition) is 3. The van der Waals surface area contributed by atoms with Gasteiger partial charge in [-0.25, -0.2) is 0 Å². The van der Waals surface area contributed by atoms with Crippen molar-refractivity contribution in [3.05, 3.63) is 29.8 Å². The molecule has 0 fully saturated rings. The monoisotopic (exact) mass is 564 g/mol. The Morgan fingerprint density at radius 3 is 1.33 bits per heavy atom. The van der Waals surface area contributed by atoms with Crippen LogP contribution in [0.4, 0.5) is 0 Å². The van der Waals surface area contributed by atoms with Crippen LogP contribution in [0.3, 0.4) is 0 Å². The van der Waals surface area contributed by atoms with Gasteiger partial charge in [0.05, 0.1) is 0 Å². The molecular formula is C24H36O9S3. The highest BCUT2D eigenvalue weighted by Crippen LogP contribution is 2.39. The third-order valence-corrected chi connectivity index (χ3v) is 9.33. The molecule has 0 aliphatic heterocycles. The smallest absolute Gasteiger partial charge is 0.282 e. The maximum Gasteiger partial charge on any atom is 0.297 e. The standard InChI is InChI=1S/C24H36O9S3/c1-2-3-4-5-6-7-8-9-10-11-12-13-17-20-19-16-14-15-18-21(19)23(35(28,29)30)24(36(31,32)33)22(20)34(25,26)27/h14-16,18H,2-13,17H2,1H3,(H,25,26,27)(H,28,29,30)(H,31,32,33). The van der Waals surface area contributed by atoms with E-state index in [0.29, 0.717) is 12.8 Å². The van der Waals surface area contributed by atoms with Crippen molar-refractivity contribution >= 4 is 41.1 Å². The molecular weight excluding hydrogens is 528 g/mol. The maximum atomic E-state index is 12.3. The highest BCUT2D eigenvalue weighted by Gasteiger charge is 2.37. The average molecular weight is 565 g/mol. The van der Waals surface area contributed by atoms with E-state index in [4.69, 9.17) is 0 Å². The van der Waals surface area contributed by atoms with E-state index in [1.165, 1.54) is 62.8 Å². The molecule has 0 bridgehead atoms. The minimum atomic E-state index is -5.48. The molecule has 0 aromatic heterocycles. The summed E-state index contributed by atoms with van der Waals surface area (Å²) < 4.78 is 102. The highest BCUT2D eigenvalue weighted by atomic mass is 32.2. The predicted molar refractivity (Wildman–Crippen MR) is 138 cm³/mol. The highest BCUT2D eigenvalue weighted by molar-refractivity contribution is 7.90. The lowest BCUT2D eigenvalue weighted by atomic mass is 9.98. The van der Waals surface area contributed by atoms with Gasteiger partial charge in [-0.15, -0.1) is 0 Å². The van der Waals surface area contributed by atoms with E-state index in [0.717, 1.165) is 25.7 Å². The first-order valence-electron chi connectivity index (χ1n) is 12.3. The molecule has 12 heteroatoms. The molecule has 0 spiro atoms. The first-order valence-corrected chi connectivity index (χ1v) is 16.6. The van der Waals surface area contributed by atoms with Crippen LogP contribution in [-0.4, -0.2) is 38.9 Å². The Morgan fingerprint density at radius 2 is 0.917 bits per heavy atom. The fourth-order valence-electron chi connectivity index (χ4n) is 4.58. The van der Waals surface area contributed by atoms with Gasteiger partial charge >= 0.3 is 0 Å². The molecule has 9 nitrogen and oxygen atoms in total. The fraction of sp³-hybridized carbons (Fsp3) is 0.583. The third-order valence-electron chi connectivity index (χ3n) is 6.24. The van der Waals surface area contributed by atoms with Gasteiger partial charge in [0, 0.05) is 5.39 Å². The summed E-state index contributed by atoms with van der Waals surface area (Å²) >= 11 is 0. The van der Waals surface area contributed by atoms with E-state index in [1.54, 1.807) is 0 Å². The van der Waals surface area contributed by atoms with Gasteiger partial charge in [0.15, 0.2) is 0 Å². The Hall–Kier alpha value is -1.57. The van der Waals surface area contributed by atoms with Gasteiger partial charge in [-0.05, 0) is 23.8 Å². The van der Waals surface area contributed by atoms with Crippen molar-refractivity contribution in [3.63, 3.8) is 0 Å². The lowest BCUT2D eigenvalue weighted by molar-refractivity contribution is 0.455. The third kappa shape index (κ3) is 8.49. The van der Waals surface area contributed by atoms with Gasteiger partial charge in [-0.3, -0.25) is 13.7 Å². The number of rotatable bonds is 16. The summed E-state index contributed by atoms with van der Waals surface area (Å²) in [5.74, 6) is 0. The molecule has 3 N–H and O–H groups in total. The van der Waals surface area contributed by atoms with Gasteiger partial charge in [0.2, 0.25) is 0 Å². The quantitative estimate of drug-likeness (QED) is 0.168. The van der Waals surface area contributed by atoms with Crippen molar-refractivity contribution in [1.82, 2.24) is 0 Å². The zero-order valence-electron chi connectivity index (χ0n) is 20.5. The van der Waals surface area contributed by atoms with Gasteiger partial charge in [-0.1, -0.05) is 102 Å². The van der Waals surface area contributed by atoms with Crippen LogP contribution in [0.25, 0.3) is 10.8 Å². The Balaban J connectivity index is 2.25. The van der Waals surface area contributed by atoms with Crippen LogP contribution in [0.5, 0.6) is 0 Å². The lowest BCUT2D eigenvalue weighted by Crippen LogP contribution is -2.17. The van der Waals surface area contributed by atoms with Crippen molar-refractivity contribution in [2.75, 3.05) is 0 Å². The zero-order chi connectivity index (χ0) is 27.0. The number of aryl methyl sites for hydroxylation is 1. The van der Waals surface area contributed by atoms with E-state index in [9.17, 15) is 38.9 Å². The fourth-order valence-corrected chi connectivity index (χ4v) is 8.27. The van der Waals surface area contributed by atoms with Crippen LogP contribution in [-0.2, 0) is 36.8 Å². The molecule has 0 saturated heterocycles. The SMILES string of the molecule is CCCCCCCCCCCCCCc1c(S(=O)(=O)O)c(S(=O)(=O)O)c(S(=O)(=O)O)c2ccccc12. The minimum Gasteiger partial charge on any atom is -0.282 e. The predicted octanol–water partition coefficient (Wildman–Crippen LogP) is 5.82. The molecule has 0 aliphatic rings. The second kappa shape index (κ2) is 13.3. The van der Waals surface area contributed by atoms with Crippen molar-refractivity contribution in [2.24, 2.45) is 0 Å². The summed E-state index contributed by atoms with van der Waals surface area (Å²) in [5, 5.41) is -0.220. The molecule has 0 atom stereocenters. The van der Waals surface area contributed by atoms with E-state index >= 15 is 0 Å². The van der Waals surface area contributed by atoms with Crippen LogP contribution in [0, 0.1) is 0 Å². The zero-order valence-corrected chi connectivity index (χ0v) is 23.0. The molecule has 0 radical (unpaired) electrons. The van der Waals surface area contributed by atoms with Crippen LogP contribution in [0.15, 0.2) is 39.0 Å². The summed E-state index contributed by atoms with van der Waals surface area (Å²) in [5.41, 5.74) is -0.125. The summed E-state index contributed by atoms with van der Waals surface area (Å²) in [6, 6.07) is 5.45. The summed E-state index contributed by atoms with van der Waals surface area (Å²) in [7, 11) is -16.1. The van der Waals surface area contributed by atoms with Crippen LogP contribution >= 0.6 is 0 Å². The Bertz CT molecular complexity index is 1350. The number of hydrogen-bond acceptors (Lipinski definition) is 6. The molecule has 0 heterocycles. The van der Waals surface area contributed by atoms with E-state index in [1.807, 2.05) is 0 Å². The Morgan fingerprint density at radius 1 is 0.528 bits per heavy atom. The topological polar surface area (TPSA) is 163 Å². The number of fused-ring (bicyclic) bond motifs is 1. The summed E-state index contributed by atoms with van der Waals surface area (Å²) in [4.78, 5) is -4.05. The second-order valence-corrected chi connectivity index (χ2v) is 13.2. The molecule has 0 unspecified atom stereocenters. The van der Waals surface area contributed by atoms with Gasteiger partial charge in [0.25, 0.3) is 30.4 Å². The van der Waals surface area contributed by atoms with Gasteiger partial charge < -0.3 is 0 Å². The lowest BCUT2D eigenvalue weighted by Gasteiger charge is -2.18. The maximum absolute atomic E-state index is 12.3. The van der Waals surface area contributed by atoms with Crippen LogP contribution in [0.1, 0.15) is 89.5 Å². The normalized spacial score (nSPS) is 12.9. The minimum absolute atomic E-state index is 0.0152. The molecule has 0 saturated carbocycles. The van der Waals surface area contributed by atoms with Crippen molar-refractivity contribution < 1.29 is 38.9 Å². The Labute approximate surface area is 214 Å². The number of unbranched alkanes of at least 4 members (excludes halogenated alkanes) is 11. The number of benzene rings is 2. The summed E-state index contributed by atoms with van der Waals surface area (Å²) in [6.07, 6.45) is 12.8. The van der Waals surface area contributed by atoms with Gasteiger partial charge in [-0.2, -0.15) is 25.3 Å². The van der Waals surface area contributed by atoms with Crippen molar-refractivity contribution in [2.45, 2.75) is 105 Å². The molecule has 36 heavy (non-hydrogen) atoms. The van der Waals surface area contributed by atoms with Gasteiger partial charge in [0.1, 0.15) is 14.7 Å². The molecule has 2 aromatic carbocycles. The largest absolute Gasteiger partial charge is 0.297 e. The van der Waals surface area contributed by atoms with E-state index < -0.39 is 45.0 Å². The van der Waals surface area contributed by atoms with Crippen LogP contribution in [0.2, 0.25) is 0 Å². The average Bonchev–Trinajstić information content (AvgIpc) is 2.76. The van der Waals surface area contributed by atoms with E-state index in [2.05, 4.69) is 6.92 Å². The summed E-state index contributed by atoms with van der Waals surface area (Å²) in [6.45, 7) is 2.19. The first kappa shape index (κ1) is 30.7. The molecule has 0 amide bonds. The molecule has 204 valence electrons.